The second-order valence-corrected chi connectivity index (χ2v) is 9.41. The number of hydrogen-bond donors (Lipinski definition) is 0. The van der Waals surface area contributed by atoms with Crippen LogP contribution in [-0.2, 0) is 22.5 Å². The molecule has 0 aliphatic carbocycles. The highest BCUT2D eigenvalue weighted by molar-refractivity contribution is 5.74. The van der Waals surface area contributed by atoms with E-state index >= 15 is 0 Å². The van der Waals surface area contributed by atoms with Gasteiger partial charge in [-0.15, -0.1) is 0 Å². The predicted octanol–water partition coefficient (Wildman–Crippen LogP) is 5.03. The summed E-state index contributed by atoms with van der Waals surface area (Å²) in [6, 6.07) is 25.2. The molecule has 5 rings (SSSR count). The standard InChI is InChI=1S/C29H33N3O2/c33-29-25(21-28(34-29)24-8-2-1-3-9-24)10-6-7-23-12-14-27(15-13-23)32-19-17-31(18-20-32)22-26-11-4-5-16-30-26/h1-5,8-9,11-16,25,28H,6-7,10,17-22H2/t25?,28-/m0/s1. The smallest absolute Gasteiger partial charge is 0.309 e. The van der Waals surface area contributed by atoms with Gasteiger partial charge in [-0.1, -0.05) is 48.5 Å². The maximum atomic E-state index is 12.3. The van der Waals surface area contributed by atoms with Crippen molar-refractivity contribution in [3.05, 3.63) is 95.8 Å². The fourth-order valence-electron chi connectivity index (χ4n) is 5.06. The molecular weight excluding hydrogens is 422 g/mol. The number of cyclic esters (lactones) is 1. The molecule has 2 aliphatic rings. The Kier molecular flexibility index (Phi) is 7.20. The van der Waals surface area contributed by atoms with Crippen molar-refractivity contribution >= 4 is 11.7 Å². The van der Waals surface area contributed by atoms with E-state index in [4.69, 9.17) is 4.74 Å². The lowest BCUT2D eigenvalue weighted by molar-refractivity contribution is -0.144. The molecule has 0 N–H and O–H groups in total. The molecule has 5 nitrogen and oxygen atoms in total. The lowest BCUT2D eigenvalue weighted by Crippen LogP contribution is -2.46. The number of aryl methyl sites for hydroxylation is 1. The maximum absolute atomic E-state index is 12.3. The van der Waals surface area contributed by atoms with Gasteiger partial charge in [0.15, 0.2) is 0 Å². The van der Waals surface area contributed by atoms with Crippen LogP contribution in [0.25, 0.3) is 0 Å². The van der Waals surface area contributed by atoms with Crippen LogP contribution < -0.4 is 4.90 Å². The highest BCUT2D eigenvalue weighted by Crippen LogP contribution is 2.35. The molecule has 0 radical (unpaired) electrons. The molecule has 5 heteroatoms. The van der Waals surface area contributed by atoms with E-state index in [1.54, 1.807) is 0 Å². The van der Waals surface area contributed by atoms with Crippen molar-refractivity contribution in [3.63, 3.8) is 0 Å². The second-order valence-electron chi connectivity index (χ2n) is 9.41. The third-order valence-corrected chi connectivity index (χ3v) is 7.07. The molecule has 2 aromatic carbocycles. The number of benzene rings is 2. The van der Waals surface area contributed by atoms with Gasteiger partial charge in [-0.05, 0) is 54.7 Å². The number of pyridine rings is 1. The van der Waals surface area contributed by atoms with Gasteiger partial charge in [-0.2, -0.15) is 0 Å². The highest BCUT2D eigenvalue weighted by Gasteiger charge is 2.34. The molecule has 2 aliphatic heterocycles. The SMILES string of the molecule is O=C1O[C@H](c2ccccc2)CC1CCCc1ccc(N2CCN(Cc3ccccn3)CC2)cc1. The lowest BCUT2D eigenvalue weighted by Gasteiger charge is -2.36. The molecule has 3 aromatic rings. The number of carbonyl (C=O) groups is 1. The number of nitrogens with zero attached hydrogens (tertiary/aromatic N) is 3. The first-order chi connectivity index (χ1) is 16.7. The van der Waals surface area contributed by atoms with Gasteiger partial charge in [0, 0.05) is 51.0 Å². The average molecular weight is 456 g/mol. The van der Waals surface area contributed by atoms with Crippen molar-refractivity contribution in [2.45, 2.75) is 38.3 Å². The van der Waals surface area contributed by atoms with E-state index in [1.165, 1.54) is 11.3 Å². The van der Waals surface area contributed by atoms with Crippen molar-refractivity contribution in [3.8, 4) is 0 Å². The first-order valence-corrected chi connectivity index (χ1v) is 12.5. The predicted molar refractivity (Wildman–Crippen MR) is 134 cm³/mol. The van der Waals surface area contributed by atoms with Gasteiger partial charge in [0.05, 0.1) is 11.6 Å². The van der Waals surface area contributed by atoms with Crippen molar-refractivity contribution in [1.29, 1.82) is 0 Å². The molecule has 2 saturated heterocycles. The van der Waals surface area contributed by atoms with E-state index in [0.717, 1.165) is 69.7 Å². The third-order valence-electron chi connectivity index (χ3n) is 7.07. The monoisotopic (exact) mass is 455 g/mol. The van der Waals surface area contributed by atoms with Crippen LogP contribution in [0.5, 0.6) is 0 Å². The number of ether oxygens (including phenoxy) is 1. The summed E-state index contributed by atoms with van der Waals surface area (Å²) < 4.78 is 5.64. The first kappa shape index (κ1) is 22.6. The lowest BCUT2D eigenvalue weighted by atomic mass is 9.94. The minimum absolute atomic E-state index is 0.0202. The van der Waals surface area contributed by atoms with Crippen LogP contribution >= 0.6 is 0 Å². The Labute approximate surface area is 202 Å². The summed E-state index contributed by atoms with van der Waals surface area (Å²) >= 11 is 0. The first-order valence-electron chi connectivity index (χ1n) is 12.5. The molecule has 1 aromatic heterocycles. The molecule has 2 fully saturated rings. The van der Waals surface area contributed by atoms with Crippen LogP contribution in [0.3, 0.4) is 0 Å². The zero-order valence-corrected chi connectivity index (χ0v) is 19.7. The van der Waals surface area contributed by atoms with Crippen LogP contribution in [-0.4, -0.2) is 42.0 Å². The van der Waals surface area contributed by atoms with E-state index in [9.17, 15) is 4.79 Å². The fourth-order valence-corrected chi connectivity index (χ4v) is 5.06. The fraction of sp³-hybridized carbons (Fsp3) is 0.379. The summed E-state index contributed by atoms with van der Waals surface area (Å²) in [5.74, 6) is -0.0155. The molecule has 0 spiro atoms. The molecule has 1 unspecified atom stereocenters. The summed E-state index contributed by atoms with van der Waals surface area (Å²) in [5.41, 5.74) is 4.88. The maximum Gasteiger partial charge on any atom is 0.309 e. The number of anilines is 1. The van der Waals surface area contributed by atoms with Gasteiger partial charge in [0.2, 0.25) is 0 Å². The summed E-state index contributed by atoms with van der Waals surface area (Å²) in [4.78, 5) is 21.7. The Morgan fingerprint density at radius 1 is 0.882 bits per heavy atom. The number of esters is 1. The number of aromatic nitrogens is 1. The summed E-state index contributed by atoms with van der Waals surface area (Å²) in [5, 5.41) is 0. The summed E-state index contributed by atoms with van der Waals surface area (Å²) in [6.45, 7) is 5.12. The van der Waals surface area contributed by atoms with Crippen molar-refractivity contribution in [2.75, 3.05) is 31.1 Å². The highest BCUT2D eigenvalue weighted by atomic mass is 16.6. The van der Waals surface area contributed by atoms with Crippen LogP contribution in [0.1, 0.15) is 42.2 Å². The van der Waals surface area contributed by atoms with Gasteiger partial charge in [-0.3, -0.25) is 14.7 Å². The van der Waals surface area contributed by atoms with Crippen LogP contribution in [0.15, 0.2) is 79.0 Å². The van der Waals surface area contributed by atoms with Crippen LogP contribution in [0.2, 0.25) is 0 Å². The number of rotatable bonds is 8. The van der Waals surface area contributed by atoms with Gasteiger partial charge in [0.25, 0.3) is 0 Å². The zero-order chi connectivity index (χ0) is 23.2. The van der Waals surface area contributed by atoms with Gasteiger partial charge >= 0.3 is 5.97 Å². The topological polar surface area (TPSA) is 45.7 Å². The molecule has 2 atom stereocenters. The Bertz CT molecular complexity index is 1050. The third kappa shape index (κ3) is 5.65. The van der Waals surface area contributed by atoms with E-state index < -0.39 is 0 Å². The quantitative estimate of drug-likeness (QED) is 0.446. The van der Waals surface area contributed by atoms with Crippen molar-refractivity contribution in [1.82, 2.24) is 9.88 Å². The normalized spacial score (nSPS) is 20.9. The average Bonchev–Trinajstić information content (AvgIpc) is 3.26. The van der Waals surface area contributed by atoms with Gasteiger partial charge < -0.3 is 9.64 Å². The molecule has 0 saturated carbocycles. The molecular formula is C29H33N3O2. The Morgan fingerprint density at radius 3 is 2.38 bits per heavy atom. The number of piperazine rings is 1. The Morgan fingerprint density at radius 2 is 1.65 bits per heavy atom. The van der Waals surface area contributed by atoms with Crippen LogP contribution in [0, 0.1) is 5.92 Å². The Hall–Kier alpha value is -3.18. The van der Waals surface area contributed by atoms with E-state index in [2.05, 4.69) is 51.2 Å². The van der Waals surface area contributed by atoms with Gasteiger partial charge in [-0.25, -0.2) is 0 Å². The number of hydrogen-bond acceptors (Lipinski definition) is 5. The van der Waals surface area contributed by atoms with Gasteiger partial charge in [0.1, 0.15) is 6.10 Å². The second kappa shape index (κ2) is 10.8. The zero-order valence-electron chi connectivity index (χ0n) is 19.7. The van der Waals surface area contributed by atoms with E-state index in [0.29, 0.717) is 0 Å². The van der Waals surface area contributed by atoms with E-state index in [-0.39, 0.29) is 18.0 Å². The Balaban J connectivity index is 1.05. The van der Waals surface area contributed by atoms with E-state index in [1.807, 2.05) is 42.6 Å². The number of carbonyl (C=O) groups excluding carboxylic acids is 1. The van der Waals surface area contributed by atoms with Crippen molar-refractivity contribution in [2.24, 2.45) is 5.92 Å². The molecule has 0 amide bonds. The minimum atomic E-state index is -0.0811. The molecule has 0 bridgehead atoms. The van der Waals surface area contributed by atoms with Crippen molar-refractivity contribution < 1.29 is 9.53 Å². The molecule has 34 heavy (non-hydrogen) atoms. The summed E-state index contributed by atoms with van der Waals surface area (Å²) in [6.07, 6.45) is 5.48. The summed E-state index contributed by atoms with van der Waals surface area (Å²) in [7, 11) is 0. The molecule has 176 valence electrons. The van der Waals surface area contributed by atoms with Crippen LogP contribution in [0.4, 0.5) is 5.69 Å². The minimum Gasteiger partial charge on any atom is -0.457 e. The molecule has 3 heterocycles. The largest absolute Gasteiger partial charge is 0.457 e.